The first-order valence-electron chi connectivity index (χ1n) is 8.79. The normalized spacial score (nSPS) is 14.9. The summed E-state index contributed by atoms with van der Waals surface area (Å²) in [4.78, 5) is 36.4. The maximum atomic E-state index is 12.8. The summed E-state index contributed by atoms with van der Waals surface area (Å²) >= 11 is 0. The number of allylic oxidation sites excluding steroid dienone is 4. The van der Waals surface area contributed by atoms with Crippen LogP contribution in [-0.2, 0) is 20.8 Å². The van der Waals surface area contributed by atoms with Crippen molar-refractivity contribution in [3.05, 3.63) is 57.9 Å². The molecule has 5 heteroatoms. The van der Waals surface area contributed by atoms with E-state index in [1.807, 2.05) is 0 Å². The maximum absolute atomic E-state index is 12.8. The number of amides is 1. The molecule has 1 N–H and O–H groups in total. The van der Waals surface area contributed by atoms with Gasteiger partial charge in [-0.3, -0.25) is 14.4 Å². The van der Waals surface area contributed by atoms with Crippen LogP contribution in [0.1, 0.15) is 45.6 Å². The zero-order valence-electron chi connectivity index (χ0n) is 15.4. The average molecular weight is 357 g/mol. The van der Waals surface area contributed by atoms with Crippen LogP contribution < -0.4 is 5.32 Å². The van der Waals surface area contributed by atoms with Crippen molar-refractivity contribution < 1.29 is 18.8 Å². The molecule has 0 unspecified atom stereocenters. The van der Waals surface area contributed by atoms with Gasteiger partial charge < -0.3 is 5.32 Å². The number of nitrogens with one attached hydrogen (secondary N) is 1. The minimum atomic E-state index is -0.279. The van der Waals surface area contributed by atoms with Gasteiger partial charge in [0.1, 0.15) is 5.82 Å². The lowest BCUT2D eigenvalue weighted by molar-refractivity contribution is -0.121. The van der Waals surface area contributed by atoms with Crippen LogP contribution in [0.4, 0.5) is 4.39 Å². The molecule has 0 saturated heterocycles. The summed E-state index contributed by atoms with van der Waals surface area (Å²) in [6.07, 6.45) is 1.86. The predicted molar refractivity (Wildman–Crippen MR) is 98.1 cm³/mol. The lowest BCUT2D eigenvalue weighted by Crippen LogP contribution is -2.25. The summed E-state index contributed by atoms with van der Waals surface area (Å²) in [6, 6.07) is 6.18. The third-order valence-electron chi connectivity index (χ3n) is 4.79. The van der Waals surface area contributed by atoms with Crippen LogP contribution in [-0.4, -0.2) is 24.0 Å². The number of carbonyl (C=O) groups is 3. The molecule has 1 aliphatic carbocycles. The monoisotopic (exact) mass is 357 g/mol. The third kappa shape index (κ3) is 4.75. The quantitative estimate of drug-likeness (QED) is 0.760. The van der Waals surface area contributed by atoms with E-state index in [0.717, 1.165) is 5.56 Å². The summed E-state index contributed by atoms with van der Waals surface area (Å²) in [5.41, 5.74) is 2.98. The smallest absolute Gasteiger partial charge is 0.220 e. The zero-order valence-corrected chi connectivity index (χ0v) is 15.4. The molecule has 1 aliphatic rings. The molecule has 0 spiro atoms. The second-order valence-corrected chi connectivity index (χ2v) is 6.59. The molecule has 4 nitrogen and oxygen atoms in total. The summed E-state index contributed by atoms with van der Waals surface area (Å²) in [5.74, 6) is -0.543. The van der Waals surface area contributed by atoms with Crippen LogP contribution in [0.25, 0.3) is 0 Å². The highest BCUT2D eigenvalue weighted by Gasteiger charge is 2.27. The van der Waals surface area contributed by atoms with E-state index in [1.165, 1.54) is 12.1 Å². The van der Waals surface area contributed by atoms with Gasteiger partial charge in [0, 0.05) is 35.3 Å². The van der Waals surface area contributed by atoms with Gasteiger partial charge in [0.05, 0.1) is 0 Å². The van der Waals surface area contributed by atoms with E-state index in [2.05, 4.69) is 5.32 Å². The molecule has 0 bridgehead atoms. The van der Waals surface area contributed by atoms with E-state index in [4.69, 9.17) is 0 Å². The summed E-state index contributed by atoms with van der Waals surface area (Å²) < 4.78 is 12.8. The van der Waals surface area contributed by atoms with Crippen molar-refractivity contribution in [3.8, 4) is 0 Å². The zero-order chi connectivity index (χ0) is 19.3. The molecule has 0 saturated carbocycles. The van der Waals surface area contributed by atoms with Gasteiger partial charge in [0.2, 0.25) is 5.91 Å². The van der Waals surface area contributed by atoms with Gasteiger partial charge in [0.25, 0.3) is 0 Å². The molecule has 1 amide bonds. The van der Waals surface area contributed by atoms with E-state index < -0.39 is 0 Å². The molecular formula is C21H24FNO3. The Kier molecular flexibility index (Phi) is 6.61. The van der Waals surface area contributed by atoms with Gasteiger partial charge in [-0.15, -0.1) is 0 Å². The fraction of sp³-hybridized carbons (Fsp3) is 0.381. The molecule has 26 heavy (non-hydrogen) atoms. The van der Waals surface area contributed by atoms with Crippen LogP contribution in [0.2, 0.25) is 0 Å². The first-order valence-corrected chi connectivity index (χ1v) is 8.79. The Labute approximate surface area is 153 Å². The molecule has 1 aromatic rings. The Morgan fingerprint density at radius 2 is 1.54 bits per heavy atom. The molecule has 0 fully saturated rings. The van der Waals surface area contributed by atoms with Gasteiger partial charge in [-0.1, -0.05) is 12.1 Å². The van der Waals surface area contributed by atoms with E-state index in [-0.39, 0.29) is 23.3 Å². The van der Waals surface area contributed by atoms with Crippen molar-refractivity contribution in [3.63, 3.8) is 0 Å². The second kappa shape index (κ2) is 8.70. The van der Waals surface area contributed by atoms with Crippen molar-refractivity contribution in [1.29, 1.82) is 0 Å². The molecule has 138 valence electrons. The highest BCUT2D eigenvalue weighted by atomic mass is 19.1. The minimum Gasteiger partial charge on any atom is -0.356 e. The van der Waals surface area contributed by atoms with Crippen molar-refractivity contribution >= 4 is 17.5 Å². The molecule has 1 aromatic carbocycles. The molecule has 0 heterocycles. The van der Waals surface area contributed by atoms with Gasteiger partial charge in [-0.05, 0) is 57.7 Å². The maximum Gasteiger partial charge on any atom is 0.220 e. The first-order chi connectivity index (χ1) is 12.3. The summed E-state index contributed by atoms with van der Waals surface area (Å²) in [6.45, 7) is 5.49. The number of ketones is 2. The third-order valence-corrected chi connectivity index (χ3v) is 4.79. The lowest BCUT2D eigenvalue weighted by atomic mass is 9.84. The molecule has 0 atom stereocenters. The molecular weight excluding hydrogens is 333 g/mol. The largest absolute Gasteiger partial charge is 0.356 e. The summed E-state index contributed by atoms with van der Waals surface area (Å²) in [7, 11) is 0. The number of halogens is 1. The van der Waals surface area contributed by atoms with E-state index >= 15 is 0 Å². The van der Waals surface area contributed by atoms with Gasteiger partial charge >= 0.3 is 0 Å². The highest BCUT2D eigenvalue weighted by molar-refractivity contribution is 6.24. The van der Waals surface area contributed by atoms with Crippen molar-refractivity contribution in [2.45, 2.75) is 46.5 Å². The van der Waals surface area contributed by atoms with E-state index in [0.29, 0.717) is 54.5 Å². The van der Waals surface area contributed by atoms with Gasteiger partial charge in [0.15, 0.2) is 11.6 Å². The average Bonchev–Trinajstić information content (AvgIpc) is 2.63. The predicted octanol–water partition coefficient (Wildman–Crippen LogP) is 3.46. The first kappa shape index (κ1) is 19.8. The van der Waals surface area contributed by atoms with Gasteiger partial charge in [-0.2, -0.15) is 0 Å². The Morgan fingerprint density at radius 1 is 0.923 bits per heavy atom. The fourth-order valence-electron chi connectivity index (χ4n) is 2.97. The van der Waals surface area contributed by atoms with Crippen molar-refractivity contribution in [2.75, 3.05) is 6.54 Å². The van der Waals surface area contributed by atoms with Gasteiger partial charge in [-0.25, -0.2) is 4.39 Å². The molecule has 0 radical (unpaired) electrons. The van der Waals surface area contributed by atoms with Crippen molar-refractivity contribution in [2.24, 2.45) is 0 Å². The Bertz CT molecular complexity index is 788. The minimum absolute atomic E-state index is 0.0825. The van der Waals surface area contributed by atoms with Crippen LogP contribution >= 0.6 is 0 Å². The summed E-state index contributed by atoms with van der Waals surface area (Å²) in [5, 5.41) is 2.82. The van der Waals surface area contributed by atoms with E-state index in [1.54, 1.807) is 32.9 Å². The fourth-order valence-corrected chi connectivity index (χ4v) is 2.97. The number of hydrogen-bond acceptors (Lipinski definition) is 3. The number of Topliss-reactive ketones (excluding diaryl/α,β-unsaturated/α-hetero) is 2. The van der Waals surface area contributed by atoms with Crippen molar-refractivity contribution in [1.82, 2.24) is 5.32 Å². The van der Waals surface area contributed by atoms with Crippen LogP contribution in [0.15, 0.2) is 46.6 Å². The molecule has 2 rings (SSSR count). The number of rotatable bonds is 7. The standard InChI is InChI=1S/C21H24FNO3/c1-13-14(2)21(26)18(15(3)20(13)25)5-4-6-19(24)23-12-11-16-7-9-17(22)10-8-16/h7-10H,4-6,11-12H2,1-3H3,(H,23,24). The highest BCUT2D eigenvalue weighted by Crippen LogP contribution is 2.27. The SMILES string of the molecule is CC1=C(C)C(=O)C(CCCC(=O)NCCc2ccc(F)cc2)=C(C)C1=O. The lowest BCUT2D eigenvalue weighted by Gasteiger charge is -2.18. The number of hydrogen-bond donors (Lipinski definition) is 1. The number of benzene rings is 1. The Balaban J connectivity index is 1.77. The van der Waals surface area contributed by atoms with Crippen LogP contribution in [0.3, 0.4) is 0 Å². The Morgan fingerprint density at radius 3 is 2.19 bits per heavy atom. The van der Waals surface area contributed by atoms with Crippen LogP contribution in [0, 0.1) is 5.82 Å². The Hall–Kier alpha value is -2.56. The number of carbonyl (C=O) groups excluding carboxylic acids is 3. The molecule has 0 aromatic heterocycles. The molecule has 0 aliphatic heterocycles. The second-order valence-electron chi connectivity index (χ2n) is 6.59. The van der Waals surface area contributed by atoms with Crippen LogP contribution in [0.5, 0.6) is 0 Å². The topological polar surface area (TPSA) is 63.2 Å². The van der Waals surface area contributed by atoms with E-state index in [9.17, 15) is 18.8 Å².